The predicted octanol–water partition coefficient (Wildman–Crippen LogP) is 7.07. The van der Waals surface area contributed by atoms with E-state index in [4.69, 9.17) is 0 Å². The first-order valence-electron chi connectivity index (χ1n) is 9.67. The van der Waals surface area contributed by atoms with Crippen molar-refractivity contribution in [3.05, 3.63) is 82.9 Å². The molecule has 0 aromatic heterocycles. The molecule has 0 heterocycles. The molecule has 0 bridgehead atoms. The van der Waals surface area contributed by atoms with Crippen LogP contribution in [0.25, 0.3) is 44.5 Å². The highest BCUT2D eigenvalue weighted by atomic mass is 14.3. The van der Waals surface area contributed by atoms with E-state index in [2.05, 4.69) is 72.8 Å². The average Bonchev–Trinajstić information content (AvgIpc) is 2.73. The second-order valence-corrected chi connectivity index (χ2v) is 7.51. The van der Waals surface area contributed by atoms with Crippen molar-refractivity contribution in [1.82, 2.24) is 0 Å². The van der Waals surface area contributed by atoms with E-state index in [1.54, 1.807) is 11.1 Å². The molecule has 0 aliphatic heterocycles. The van der Waals surface area contributed by atoms with Gasteiger partial charge < -0.3 is 0 Å². The first-order chi connectivity index (χ1) is 12.9. The van der Waals surface area contributed by atoms with E-state index in [0.717, 1.165) is 0 Å². The lowest BCUT2D eigenvalue weighted by atomic mass is 9.78. The van der Waals surface area contributed by atoms with E-state index in [1.165, 1.54) is 69.1 Å². The Morgan fingerprint density at radius 3 is 1.38 bits per heavy atom. The molecule has 0 amide bonds. The lowest BCUT2D eigenvalue weighted by molar-refractivity contribution is 0.912. The van der Waals surface area contributed by atoms with Crippen molar-refractivity contribution in [2.45, 2.75) is 25.7 Å². The van der Waals surface area contributed by atoms with Crippen LogP contribution in [0, 0.1) is 0 Å². The minimum atomic E-state index is 1.17. The number of rotatable bonds is 0. The summed E-state index contributed by atoms with van der Waals surface area (Å²) in [5.41, 5.74) is 6.14. The Kier molecular flexibility index (Phi) is 2.93. The second-order valence-electron chi connectivity index (χ2n) is 7.51. The molecule has 4 aromatic carbocycles. The van der Waals surface area contributed by atoms with Crippen LogP contribution >= 0.6 is 0 Å². The smallest absolute Gasteiger partial charge is 0.00175 e. The van der Waals surface area contributed by atoms with E-state index in [9.17, 15) is 0 Å². The molecular weight excluding hydrogens is 312 g/mol. The van der Waals surface area contributed by atoms with Gasteiger partial charge in [-0.1, -0.05) is 72.8 Å². The van der Waals surface area contributed by atoms with Crippen molar-refractivity contribution in [3.63, 3.8) is 0 Å². The molecule has 0 nitrogen and oxygen atoms in total. The third kappa shape index (κ3) is 1.79. The molecular formula is C26H20. The summed E-state index contributed by atoms with van der Waals surface area (Å²) in [5, 5.41) is 8.44. The Hall–Kier alpha value is -2.86. The van der Waals surface area contributed by atoms with E-state index in [0.29, 0.717) is 0 Å². The predicted molar refractivity (Wildman–Crippen MR) is 114 cm³/mol. The third-order valence-corrected chi connectivity index (χ3v) is 6.18. The van der Waals surface area contributed by atoms with Crippen molar-refractivity contribution in [1.29, 1.82) is 0 Å². The monoisotopic (exact) mass is 332 g/mol. The number of hydrogen-bond acceptors (Lipinski definition) is 0. The van der Waals surface area contributed by atoms with Crippen molar-refractivity contribution >= 4 is 44.5 Å². The van der Waals surface area contributed by atoms with Gasteiger partial charge >= 0.3 is 0 Å². The van der Waals surface area contributed by atoms with Crippen molar-refractivity contribution in [2.24, 2.45) is 0 Å². The molecule has 0 heteroatoms. The van der Waals surface area contributed by atoms with Gasteiger partial charge in [-0.3, -0.25) is 0 Å². The number of allylic oxidation sites excluding steroid dienone is 2. The standard InChI is InChI=1S/C26H20/c1-5-13-21-17(9-1)18-10-2-6-14-22(18)26-24-16-8-4-12-20(24)19-11-3-7-15-23(19)25(21)26/h1-2,5-10,13-16H,3-4,11-12H2. The van der Waals surface area contributed by atoms with E-state index >= 15 is 0 Å². The Morgan fingerprint density at radius 1 is 0.500 bits per heavy atom. The van der Waals surface area contributed by atoms with Gasteiger partial charge in [-0.05, 0) is 80.3 Å². The largest absolute Gasteiger partial charge is 0.0836 e. The highest BCUT2D eigenvalue weighted by Gasteiger charge is 2.22. The fourth-order valence-corrected chi connectivity index (χ4v) is 5.12. The van der Waals surface area contributed by atoms with Gasteiger partial charge in [0.15, 0.2) is 0 Å². The van der Waals surface area contributed by atoms with E-state index in [1.807, 2.05) is 0 Å². The molecule has 0 atom stereocenters. The summed E-state index contributed by atoms with van der Waals surface area (Å²) >= 11 is 0. The number of fused-ring (bicyclic) bond motifs is 11. The van der Waals surface area contributed by atoms with Crippen LogP contribution in [0.15, 0.2) is 60.7 Å². The Labute approximate surface area is 153 Å². The minimum Gasteiger partial charge on any atom is -0.0836 e. The maximum atomic E-state index is 2.39. The summed E-state index contributed by atoms with van der Waals surface area (Å²) in [6.07, 6.45) is 14.2. The topological polar surface area (TPSA) is 0 Å². The maximum Gasteiger partial charge on any atom is -0.00175 e. The lowest BCUT2D eigenvalue weighted by Crippen LogP contribution is -2.07. The zero-order chi connectivity index (χ0) is 17.1. The van der Waals surface area contributed by atoms with Crippen LogP contribution in [0.4, 0.5) is 0 Å². The fourth-order valence-electron chi connectivity index (χ4n) is 5.12. The molecule has 0 fully saturated rings. The van der Waals surface area contributed by atoms with Crippen LogP contribution < -0.4 is 0 Å². The highest BCUT2D eigenvalue weighted by molar-refractivity contribution is 6.29. The quantitative estimate of drug-likeness (QED) is 0.302. The molecule has 2 aliphatic rings. The van der Waals surface area contributed by atoms with Crippen LogP contribution in [0.1, 0.15) is 35.1 Å². The number of hydrogen-bond donors (Lipinski definition) is 0. The van der Waals surface area contributed by atoms with Gasteiger partial charge in [0.2, 0.25) is 0 Å². The summed E-state index contributed by atoms with van der Waals surface area (Å²) in [4.78, 5) is 0. The molecule has 124 valence electrons. The minimum absolute atomic E-state index is 1.17. The summed E-state index contributed by atoms with van der Waals surface area (Å²) in [6.45, 7) is 0. The molecule has 0 saturated carbocycles. The van der Waals surface area contributed by atoms with Gasteiger partial charge in [-0.15, -0.1) is 0 Å². The molecule has 4 aromatic rings. The lowest BCUT2D eigenvalue weighted by Gasteiger charge is -2.25. The zero-order valence-electron chi connectivity index (χ0n) is 14.8. The summed E-state index contributed by atoms with van der Waals surface area (Å²) in [6, 6.07) is 17.9. The van der Waals surface area contributed by atoms with Crippen molar-refractivity contribution in [2.75, 3.05) is 0 Å². The first-order valence-corrected chi connectivity index (χ1v) is 9.67. The van der Waals surface area contributed by atoms with Gasteiger partial charge in [-0.25, -0.2) is 0 Å². The van der Waals surface area contributed by atoms with Gasteiger partial charge in [0.1, 0.15) is 0 Å². The third-order valence-electron chi connectivity index (χ3n) is 6.18. The number of benzene rings is 4. The average molecular weight is 332 g/mol. The van der Waals surface area contributed by atoms with Crippen molar-refractivity contribution in [3.8, 4) is 0 Å². The summed E-state index contributed by atoms with van der Waals surface area (Å²) in [5.74, 6) is 0. The maximum absolute atomic E-state index is 2.39. The normalized spacial score (nSPS) is 15.5. The van der Waals surface area contributed by atoms with Crippen LogP contribution in [-0.2, 0) is 12.8 Å². The Balaban J connectivity index is 2.01. The summed E-state index contributed by atoms with van der Waals surface area (Å²) < 4.78 is 0. The summed E-state index contributed by atoms with van der Waals surface area (Å²) in [7, 11) is 0. The first kappa shape index (κ1) is 14.3. The van der Waals surface area contributed by atoms with Crippen LogP contribution in [0.2, 0.25) is 0 Å². The van der Waals surface area contributed by atoms with Crippen molar-refractivity contribution < 1.29 is 0 Å². The molecule has 2 aliphatic carbocycles. The Morgan fingerprint density at radius 2 is 0.923 bits per heavy atom. The molecule has 0 spiro atoms. The van der Waals surface area contributed by atoms with Crippen LogP contribution in [0.5, 0.6) is 0 Å². The SMILES string of the molecule is C1=Cc2c(c3c(c4c5ccccc5c5ccccc5c24)C=CCC3)CC1. The van der Waals surface area contributed by atoms with E-state index < -0.39 is 0 Å². The van der Waals surface area contributed by atoms with Crippen LogP contribution in [-0.4, -0.2) is 0 Å². The van der Waals surface area contributed by atoms with E-state index in [-0.39, 0.29) is 0 Å². The van der Waals surface area contributed by atoms with Gasteiger partial charge in [0.05, 0.1) is 0 Å². The molecule has 0 saturated heterocycles. The second kappa shape index (κ2) is 5.32. The molecule has 0 N–H and O–H groups in total. The molecule has 0 unspecified atom stereocenters. The zero-order valence-corrected chi connectivity index (χ0v) is 14.8. The van der Waals surface area contributed by atoms with Gasteiger partial charge in [0.25, 0.3) is 0 Å². The van der Waals surface area contributed by atoms with Gasteiger partial charge in [0, 0.05) is 0 Å². The highest BCUT2D eigenvalue weighted by Crippen LogP contribution is 2.44. The molecule has 6 rings (SSSR count). The fraction of sp³-hybridized carbons (Fsp3) is 0.154. The molecule has 26 heavy (non-hydrogen) atoms. The molecule has 0 radical (unpaired) electrons. The van der Waals surface area contributed by atoms with Gasteiger partial charge in [-0.2, -0.15) is 0 Å². The van der Waals surface area contributed by atoms with Crippen LogP contribution in [0.3, 0.4) is 0 Å². The Bertz CT molecular complexity index is 1170.